The number of urea groups is 1. The lowest BCUT2D eigenvalue weighted by molar-refractivity contribution is -0.122. The maximum atomic E-state index is 13.4. The lowest BCUT2D eigenvalue weighted by atomic mass is 10.1. The van der Waals surface area contributed by atoms with E-state index in [1.807, 2.05) is 22.6 Å². The summed E-state index contributed by atoms with van der Waals surface area (Å²) in [4.78, 5) is 52.0. The van der Waals surface area contributed by atoms with E-state index < -0.39 is 23.8 Å². The number of benzene rings is 3. The molecule has 41 heavy (non-hydrogen) atoms. The number of nitrogens with one attached hydrogen (secondary N) is 2. The number of ether oxygens (including phenoxy) is 2. The molecule has 1 heterocycles. The Bertz CT molecular complexity index is 1610. The van der Waals surface area contributed by atoms with Gasteiger partial charge in [0.1, 0.15) is 5.57 Å². The lowest BCUT2D eigenvalue weighted by Gasteiger charge is -2.27. The number of amides is 5. The van der Waals surface area contributed by atoms with Crippen molar-refractivity contribution in [3.8, 4) is 11.5 Å². The minimum atomic E-state index is -0.880. The number of halogens is 4. The van der Waals surface area contributed by atoms with Gasteiger partial charge in [-0.1, -0.05) is 40.9 Å². The van der Waals surface area contributed by atoms with Gasteiger partial charge < -0.3 is 14.8 Å². The van der Waals surface area contributed by atoms with E-state index in [4.69, 9.17) is 44.3 Å². The largest absolute Gasteiger partial charge is 0.490 e. The number of rotatable bonds is 8. The van der Waals surface area contributed by atoms with Crippen molar-refractivity contribution in [2.24, 2.45) is 0 Å². The molecule has 13 heteroatoms. The van der Waals surface area contributed by atoms with E-state index in [0.717, 1.165) is 4.90 Å². The van der Waals surface area contributed by atoms with Crippen LogP contribution in [0.15, 0.2) is 54.1 Å². The molecule has 0 aliphatic carbocycles. The molecule has 3 aromatic carbocycles. The number of imide groups is 2. The number of carbonyl (C=O) groups is 4. The molecule has 0 atom stereocenters. The van der Waals surface area contributed by atoms with Crippen LogP contribution in [-0.4, -0.2) is 37.0 Å². The molecule has 1 aliphatic heterocycles. The normalized spacial score (nSPS) is 14.2. The first-order valence-electron chi connectivity index (χ1n) is 12.0. The first-order valence-corrected chi connectivity index (χ1v) is 14.2. The van der Waals surface area contributed by atoms with Gasteiger partial charge >= 0.3 is 6.03 Å². The Balaban J connectivity index is 1.59. The Morgan fingerprint density at radius 3 is 2.49 bits per heavy atom. The van der Waals surface area contributed by atoms with Crippen LogP contribution >= 0.6 is 57.4 Å². The van der Waals surface area contributed by atoms with Crippen LogP contribution in [0, 0.1) is 10.5 Å². The van der Waals surface area contributed by atoms with Gasteiger partial charge in [0, 0.05) is 10.7 Å². The molecule has 0 aromatic heterocycles. The maximum Gasteiger partial charge on any atom is 0.335 e. The number of hydrogen-bond acceptors (Lipinski definition) is 6. The summed E-state index contributed by atoms with van der Waals surface area (Å²) in [6.07, 6.45) is 1.35. The fourth-order valence-electron chi connectivity index (χ4n) is 3.86. The average molecular weight is 729 g/mol. The van der Waals surface area contributed by atoms with Gasteiger partial charge in [-0.25, -0.2) is 9.69 Å². The Labute approximate surface area is 263 Å². The third kappa shape index (κ3) is 6.95. The van der Waals surface area contributed by atoms with Crippen LogP contribution in [0.25, 0.3) is 6.08 Å². The molecule has 0 bridgehead atoms. The Hall–Kier alpha value is -3.32. The van der Waals surface area contributed by atoms with Crippen LogP contribution in [-0.2, 0) is 14.4 Å². The van der Waals surface area contributed by atoms with E-state index in [0.29, 0.717) is 41.2 Å². The van der Waals surface area contributed by atoms with Crippen molar-refractivity contribution in [1.82, 2.24) is 5.32 Å². The highest BCUT2D eigenvalue weighted by Crippen LogP contribution is 2.36. The minimum absolute atomic E-state index is 0.255. The zero-order chi connectivity index (χ0) is 29.8. The van der Waals surface area contributed by atoms with Crippen molar-refractivity contribution in [1.29, 1.82) is 0 Å². The van der Waals surface area contributed by atoms with Crippen molar-refractivity contribution < 1.29 is 28.7 Å². The van der Waals surface area contributed by atoms with Gasteiger partial charge in [0.05, 0.1) is 25.9 Å². The standard InChI is InChI=1S/C28H21Cl3IN3O6/c1-3-40-23-11-15(10-21(32)25(23)41-13-24(36)33-16-7-8-19(30)20(31)12-16)9-17-26(37)34-28(39)35(27(17)38)22-6-4-5-18(29)14(22)2/h4-12H,3,13H2,1-2H3,(H,33,36)(H,34,37,39)/b17-9-. The molecule has 0 radical (unpaired) electrons. The van der Waals surface area contributed by atoms with E-state index in [-0.39, 0.29) is 30.2 Å². The second kappa shape index (κ2) is 13.1. The molecule has 2 N–H and O–H groups in total. The summed E-state index contributed by atoms with van der Waals surface area (Å²) in [6, 6.07) is 11.8. The molecular weight excluding hydrogens is 708 g/mol. The third-order valence-corrected chi connectivity index (χ3v) is 7.73. The highest BCUT2D eigenvalue weighted by molar-refractivity contribution is 14.1. The lowest BCUT2D eigenvalue weighted by Crippen LogP contribution is -2.54. The summed E-state index contributed by atoms with van der Waals surface area (Å²) in [7, 11) is 0. The minimum Gasteiger partial charge on any atom is -0.490 e. The van der Waals surface area contributed by atoms with Crippen LogP contribution in [0.3, 0.4) is 0 Å². The Morgan fingerprint density at radius 2 is 1.78 bits per heavy atom. The number of anilines is 2. The summed E-state index contributed by atoms with van der Waals surface area (Å²) in [5.41, 5.74) is 1.37. The summed E-state index contributed by atoms with van der Waals surface area (Å²) >= 11 is 20.1. The van der Waals surface area contributed by atoms with Crippen molar-refractivity contribution in [2.75, 3.05) is 23.4 Å². The van der Waals surface area contributed by atoms with Crippen molar-refractivity contribution in [3.05, 3.63) is 83.9 Å². The van der Waals surface area contributed by atoms with E-state index in [2.05, 4.69) is 10.6 Å². The van der Waals surface area contributed by atoms with Crippen LogP contribution in [0.2, 0.25) is 15.1 Å². The average Bonchev–Trinajstić information content (AvgIpc) is 2.90. The second-order valence-corrected chi connectivity index (χ2v) is 11.0. The van der Waals surface area contributed by atoms with Crippen molar-refractivity contribution in [3.63, 3.8) is 0 Å². The quantitative estimate of drug-likeness (QED) is 0.153. The topological polar surface area (TPSA) is 114 Å². The number of carbonyl (C=O) groups excluding carboxylic acids is 4. The fraction of sp³-hybridized carbons (Fsp3) is 0.143. The van der Waals surface area contributed by atoms with Gasteiger partial charge in [0.15, 0.2) is 18.1 Å². The van der Waals surface area contributed by atoms with Crippen LogP contribution in [0.5, 0.6) is 11.5 Å². The van der Waals surface area contributed by atoms with Gasteiger partial charge in [-0.15, -0.1) is 0 Å². The molecule has 0 saturated carbocycles. The molecule has 4 rings (SSSR count). The van der Waals surface area contributed by atoms with Gasteiger partial charge in [0.25, 0.3) is 17.7 Å². The molecule has 5 amide bonds. The Morgan fingerprint density at radius 1 is 1.02 bits per heavy atom. The number of nitrogens with zero attached hydrogens (tertiary/aromatic N) is 1. The van der Waals surface area contributed by atoms with Gasteiger partial charge in [0.2, 0.25) is 0 Å². The third-order valence-electron chi connectivity index (χ3n) is 5.78. The molecule has 1 saturated heterocycles. The number of hydrogen-bond donors (Lipinski definition) is 2. The Kier molecular flexibility index (Phi) is 9.80. The summed E-state index contributed by atoms with van der Waals surface area (Å²) in [5.74, 6) is -1.52. The summed E-state index contributed by atoms with van der Waals surface area (Å²) in [5, 5.41) is 5.89. The van der Waals surface area contributed by atoms with E-state index in [9.17, 15) is 19.2 Å². The molecule has 0 spiro atoms. The van der Waals surface area contributed by atoms with Gasteiger partial charge in [-0.3, -0.25) is 19.7 Å². The first-order chi connectivity index (χ1) is 19.5. The molecule has 0 unspecified atom stereocenters. The molecule has 3 aromatic rings. The van der Waals surface area contributed by atoms with Gasteiger partial charge in [-0.2, -0.15) is 0 Å². The highest BCUT2D eigenvalue weighted by atomic mass is 127. The van der Waals surface area contributed by atoms with Crippen LogP contribution < -0.4 is 25.0 Å². The van der Waals surface area contributed by atoms with Crippen molar-refractivity contribution >= 4 is 98.6 Å². The van der Waals surface area contributed by atoms with E-state index in [1.165, 1.54) is 12.1 Å². The molecular formula is C28H21Cl3IN3O6. The monoisotopic (exact) mass is 727 g/mol. The molecule has 1 aliphatic rings. The first kappa shape index (κ1) is 30.6. The molecule has 9 nitrogen and oxygen atoms in total. The molecule has 1 fully saturated rings. The predicted molar refractivity (Wildman–Crippen MR) is 166 cm³/mol. The predicted octanol–water partition coefficient (Wildman–Crippen LogP) is 6.64. The second-order valence-electron chi connectivity index (χ2n) is 8.57. The number of barbiturate groups is 1. The summed E-state index contributed by atoms with van der Waals surface area (Å²) < 4.78 is 12.0. The maximum absolute atomic E-state index is 13.4. The molecule has 212 valence electrons. The zero-order valence-corrected chi connectivity index (χ0v) is 25.9. The van der Waals surface area contributed by atoms with Crippen LogP contribution in [0.1, 0.15) is 18.1 Å². The van der Waals surface area contributed by atoms with Crippen LogP contribution in [0.4, 0.5) is 16.2 Å². The highest BCUT2D eigenvalue weighted by Gasteiger charge is 2.37. The SMILES string of the molecule is CCOc1cc(/C=C2/C(=O)NC(=O)N(c3cccc(Cl)c3C)C2=O)cc(I)c1OCC(=O)Nc1ccc(Cl)c(Cl)c1. The van der Waals surface area contributed by atoms with Crippen molar-refractivity contribution in [2.45, 2.75) is 13.8 Å². The fourth-order valence-corrected chi connectivity index (χ4v) is 5.11. The van der Waals surface area contributed by atoms with E-state index >= 15 is 0 Å². The zero-order valence-electron chi connectivity index (χ0n) is 21.5. The summed E-state index contributed by atoms with van der Waals surface area (Å²) in [6.45, 7) is 3.37. The van der Waals surface area contributed by atoms with E-state index in [1.54, 1.807) is 56.3 Å². The van der Waals surface area contributed by atoms with Gasteiger partial charge in [-0.05, 0) is 96.1 Å². The smallest absolute Gasteiger partial charge is 0.335 e.